The Balaban J connectivity index is 2.43. The second-order valence-electron chi connectivity index (χ2n) is 3.21. The second-order valence-corrected chi connectivity index (χ2v) is 3.21. The molecule has 0 amide bonds. The van der Waals surface area contributed by atoms with E-state index in [4.69, 9.17) is 4.74 Å². The Kier molecular flexibility index (Phi) is 2.63. The molecule has 2 aromatic rings. The first-order valence-corrected chi connectivity index (χ1v) is 4.74. The number of hydrogen-bond donors (Lipinski definition) is 0. The van der Waals surface area contributed by atoms with E-state index in [9.17, 15) is 0 Å². The van der Waals surface area contributed by atoms with Crippen LogP contribution in [0.5, 0.6) is 5.75 Å². The van der Waals surface area contributed by atoms with E-state index in [2.05, 4.69) is 9.97 Å². The van der Waals surface area contributed by atoms with Crippen LogP contribution in [-0.4, -0.2) is 17.1 Å². The summed E-state index contributed by atoms with van der Waals surface area (Å²) in [5.74, 6) is 1.45. The monoisotopic (exact) mass is 200 g/mol. The quantitative estimate of drug-likeness (QED) is 0.747. The molecule has 0 bridgehead atoms. The second kappa shape index (κ2) is 4.09. The minimum absolute atomic E-state index is 0.717. The van der Waals surface area contributed by atoms with Crippen LogP contribution in [0.15, 0.2) is 36.5 Å². The third kappa shape index (κ3) is 1.96. The van der Waals surface area contributed by atoms with Crippen LogP contribution in [-0.2, 0) is 0 Å². The molecule has 76 valence electrons. The lowest BCUT2D eigenvalue weighted by molar-refractivity contribution is 0.407. The molecule has 0 saturated carbocycles. The topological polar surface area (TPSA) is 35.0 Å². The number of ether oxygens (including phenoxy) is 1. The first-order valence-electron chi connectivity index (χ1n) is 4.74. The SMILES string of the molecule is COc1cnc(-c2ccccc2)nc1C. The third-order valence-electron chi connectivity index (χ3n) is 2.19. The number of rotatable bonds is 2. The maximum Gasteiger partial charge on any atom is 0.159 e. The van der Waals surface area contributed by atoms with Gasteiger partial charge < -0.3 is 4.74 Å². The van der Waals surface area contributed by atoms with E-state index in [1.807, 2.05) is 37.3 Å². The first kappa shape index (κ1) is 9.65. The van der Waals surface area contributed by atoms with E-state index >= 15 is 0 Å². The molecule has 0 fully saturated rings. The molecule has 0 spiro atoms. The number of aromatic nitrogens is 2. The summed E-state index contributed by atoms with van der Waals surface area (Å²) in [5, 5.41) is 0. The maximum absolute atomic E-state index is 5.11. The van der Waals surface area contributed by atoms with Gasteiger partial charge in [0.2, 0.25) is 0 Å². The number of hydrogen-bond acceptors (Lipinski definition) is 3. The van der Waals surface area contributed by atoms with Gasteiger partial charge in [0.05, 0.1) is 19.0 Å². The fraction of sp³-hybridized carbons (Fsp3) is 0.167. The average Bonchev–Trinajstić information content (AvgIpc) is 2.30. The highest BCUT2D eigenvalue weighted by Crippen LogP contribution is 2.19. The van der Waals surface area contributed by atoms with Crippen molar-refractivity contribution in [3.8, 4) is 17.1 Å². The zero-order valence-corrected chi connectivity index (χ0v) is 8.77. The molecule has 0 radical (unpaired) electrons. The molecule has 1 aromatic carbocycles. The summed E-state index contributed by atoms with van der Waals surface area (Å²) in [4.78, 5) is 8.62. The van der Waals surface area contributed by atoms with Gasteiger partial charge in [0, 0.05) is 5.56 Å². The van der Waals surface area contributed by atoms with E-state index < -0.39 is 0 Å². The Morgan fingerprint density at radius 3 is 2.47 bits per heavy atom. The molecule has 0 aliphatic heterocycles. The number of aryl methyl sites for hydroxylation is 1. The smallest absolute Gasteiger partial charge is 0.159 e. The molecule has 15 heavy (non-hydrogen) atoms. The van der Waals surface area contributed by atoms with Crippen molar-refractivity contribution in [2.75, 3.05) is 7.11 Å². The lowest BCUT2D eigenvalue weighted by Crippen LogP contribution is -1.95. The zero-order chi connectivity index (χ0) is 10.7. The molecule has 0 saturated heterocycles. The van der Waals surface area contributed by atoms with Crippen molar-refractivity contribution in [3.63, 3.8) is 0 Å². The fourth-order valence-electron chi connectivity index (χ4n) is 1.38. The van der Waals surface area contributed by atoms with Gasteiger partial charge in [-0.15, -0.1) is 0 Å². The highest BCUT2D eigenvalue weighted by Gasteiger charge is 2.04. The average molecular weight is 200 g/mol. The molecular weight excluding hydrogens is 188 g/mol. The zero-order valence-electron chi connectivity index (χ0n) is 8.77. The van der Waals surface area contributed by atoms with Crippen LogP contribution in [0, 0.1) is 6.92 Å². The van der Waals surface area contributed by atoms with Crippen molar-refractivity contribution < 1.29 is 4.74 Å². The van der Waals surface area contributed by atoms with Crippen molar-refractivity contribution >= 4 is 0 Å². The van der Waals surface area contributed by atoms with Crippen LogP contribution in [0.3, 0.4) is 0 Å². The summed E-state index contributed by atoms with van der Waals surface area (Å²) in [7, 11) is 1.62. The molecule has 3 nitrogen and oxygen atoms in total. The molecule has 0 unspecified atom stereocenters. The van der Waals surface area contributed by atoms with Crippen molar-refractivity contribution in [2.24, 2.45) is 0 Å². The third-order valence-corrected chi connectivity index (χ3v) is 2.19. The Morgan fingerprint density at radius 1 is 1.13 bits per heavy atom. The molecule has 0 N–H and O–H groups in total. The Labute approximate surface area is 88.8 Å². The standard InChI is InChI=1S/C12H12N2O/c1-9-11(15-2)8-13-12(14-9)10-6-4-3-5-7-10/h3-8H,1-2H3. The van der Waals surface area contributed by atoms with E-state index in [1.54, 1.807) is 13.3 Å². The van der Waals surface area contributed by atoms with Crippen molar-refractivity contribution in [1.82, 2.24) is 9.97 Å². The molecule has 0 atom stereocenters. The maximum atomic E-state index is 5.11. The van der Waals surface area contributed by atoms with E-state index in [1.165, 1.54) is 0 Å². The fourth-order valence-corrected chi connectivity index (χ4v) is 1.38. The summed E-state index contributed by atoms with van der Waals surface area (Å²) >= 11 is 0. The van der Waals surface area contributed by atoms with E-state index in [0.29, 0.717) is 0 Å². The van der Waals surface area contributed by atoms with Gasteiger partial charge in [-0.1, -0.05) is 30.3 Å². The van der Waals surface area contributed by atoms with E-state index in [-0.39, 0.29) is 0 Å². The van der Waals surface area contributed by atoms with Gasteiger partial charge >= 0.3 is 0 Å². The van der Waals surface area contributed by atoms with Crippen LogP contribution in [0.1, 0.15) is 5.69 Å². The summed E-state index contributed by atoms with van der Waals surface area (Å²) in [6.07, 6.45) is 1.70. The lowest BCUT2D eigenvalue weighted by Gasteiger charge is -2.05. The van der Waals surface area contributed by atoms with Gasteiger partial charge in [-0.3, -0.25) is 0 Å². The number of methoxy groups -OCH3 is 1. The van der Waals surface area contributed by atoms with Gasteiger partial charge in [-0.25, -0.2) is 9.97 Å². The molecule has 1 aromatic heterocycles. The van der Waals surface area contributed by atoms with Gasteiger partial charge in [0.25, 0.3) is 0 Å². The molecule has 3 heteroatoms. The Hall–Kier alpha value is -1.90. The highest BCUT2D eigenvalue weighted by molar-refractivity contribution is 5.55. The summed E-state index contributed by atoms with van der Waals surface area (Å²) < 4.78 is 5.11. The summed E-state index contributed by atoms with van der Waals surface area (Å²) in [6, 6.07) is 9.89. The molecule has 0 aliphatic carbocycles. The molecule has 2 rings (SSSR count). The van der Waals surface area contributed by atoms with Gasteiger partial charge in [-0.05, 0) is 6.92 Å². The van der Waals surface area contributed by atoms with Gasteiger partial charge in [0.1, 0.15) is 0 Å². The highest BCUT2D eigenvalue weighted by atomic mass is 16.5. The minimum Gasteiger partial charge on any atom is -0.493 e. The predicted octanol–water partition coefficient (Wildman–Crippen LogP) is 2.46. The summed E-state index contributed by atoms with van der Waals surface area (Å²) in [6.45, 7) is 1.91. The van der Waals surface area contributed by atoms with Crippen molar-refractivity contribution in [1.29, 1.82) is 0 Å². The Bertz CT molecular complexity index is 454. The minimum atomic E-state index is 0.717. The van der Waals surface area contributed by atoms with Crippen LogP contribution >= 0.6 is 0 Å². The van der Waals surface area contributed by atoms with Gasteiger partial charge in [0.15, 0.2) is 11.6 Å². The van der Waals surface area contributed by atoms with Crippen LogP contribution < -0.4 is 4.74 Å². The molecular formula is C12H12N2O. The predicted molar refractivity (Wildman–Crippen MR) is 58.8 cm³/mol. The van der Waals surface area contributed by atoms with Crippen molar-refractivity contribution in [2.45, 2.75) is 6.92 Å². The van der Waals surface area contributed by atoms with E-state index in [0.717, 1.165) is 22.8 Å². The summed E-state index contributed by atoms with van der Waals surface area (Å²) in [5.41, 5.74) is 1.87. The van der Waals surface area contributed by atoms with Gasteiger partial charge in [-0.2, -0.15) is 0 Å². The van der Waals surface area contributed by atoms with Crippen LogP contribution in [0.2, 0.25) is 0 Å². The number of benzene rings is 1. The molecule has 0 aliphatic rings. The van der Waals surface area contributed by atoms with Crippen LogP contribution in [0.4, 0.5) is 0 Å². The normalized spacial score (nSPS) is 10.0. The lowest BCUT2D eigenvalue weighted by atomic mass is 10.2. The largest absolute Gasteiger partial charge is 0.493 e. The van der Waals surface area contributed by atoms with Crippen LogP contribution in [0.25, 0.3) is 11.4 Å². The van der Waals surface area contributed by atoms with Crippen molar-refractivity contribution in [3.05, 3.63) is 42.2 Å². The Morgan fingerprint density at radius 2 is 1.87 bits per heavy atom. The first-order chi connectivity index (χ1) is 7.31. The number of nitrogens with zero attached hydrogens (tertiary/aromatic N) is 2. The molecule has 1 heterocycles.